The average molecular weight is 215 g/mol. The fraction of sp³-hybridized carbons (Fsp3) is 0.231. The van der Waals surface area contributed by atoms with Crippen LogP contribution in [-0.4, -0.2) is 10.9 Å². The number of carbonyl (C=O) groups is 1. The van der Waals surface area contributed by atoms with E-state index in [1.807, 2.05) is 0 Å². The number of hydrogen-bond acceptors (Lipinski definition) is 2. The Bertz CT molecular complexity index is 455. The molecule has 0 aromatic heterocycles. The van der Waals surface area contributed by atoms with Gasteiger partial charge in [-0.25, -0.2) is 4.85 Å². The zero-order valence-electron chi connectivity index (χ0n) is 9.10. The Labute approximate surface area is 94.9 Å². The molecule has 0 amide bonds. The third kappa shape index (κ3) is 3.04. The van der Waals surface area contributed by atoms with E-state index in [-0.39, 0.29) is 12.4 Å². The van der Waals surface area contributed by atoms with Crippen LogP contribution in [0.3, 0.4) is 0 Å². The number of benzene rings is 1. The number of rotatable bonds is 4. The van der Waals surface area contributed by atoms with Gasteiger partial charge < -0.3 is 5.11 Å². The Balaban J connectivity index is 3.06. The second-order valence-corrected chi connectivity index (χ2v) is 3.32. The molecule has 0 bridgehead atoms. The maximum Gasteiger partial charge on any atom is 0.194 e. The van der Waals surface area contributed by atoms with Crippen molar-refractivity contribution < 1.29 is 9.90 Å². The topological polar surface area (TPSA) is 41.7 Å². The molecule has 0 aliphatic heterocycles. The first-order valence-electron chi connectivity index (χ1n) is 5.03. The third-order valence-electron chi connectivity index (χ3n) is 2.19. The summed E-state index contributed by atoms with van der Waals surface area (Å²) < 4.78 is 0. The molecular weight excluding hydrogens is 202 g/mol. The normalized spacial score (nSPS) is 10.3. The van der Waals surface area contributed by atoms with Crippen molar-refractivity contribution in [1.82, 2.24) is 0 Å². The second-order valence-electron chi connectivity index (χ2n) is 3.32. The van der Waals surface area contributed by atoms with Crippen LogP contribution >= 0.6 is 0 Å². The van der Waals surface area contributed by atoms with E-state index in [1.54, 1.807) is 31.2 Å². The number of allylic oxidation sites excluding steroid dienone is 1. The van der Waals surface area contributed by atoms with Crippen molar-refractivity contribution in [2.45, 2.75) is 20.0 Å². The van der Waals surface area contributed by atoms with Crippen molar-refractivity contribution in [2.24, 2.45) is 0 Å². The van der Waals surface area contributed by atoms with Gasteiger partial charge in [0.15, 0.2) is 11.5 Å². The third-order valence-corrected chi connectivity index (χ3v) is 2.19. The zero-order chi connectivity index (χ0) is 12.0. The molecule has 0 fully saturated rings. The van der Waals surface area contributed by atoms with Crippen LogP contribution in [0.1, 0.15) is 24.5 Å². The molecule has 0 aliphatic carbocycles. The van der Waals surface area contributed by atoms with Crippen LogP contribution in [0.2, 0.25) is 0 Å². The summed E-state index contributed by atoms with van der Waals surface area (Å²) in [6, 6.07) is 5.06. The van der Waals surface area contributed by atoms with Crippen LogP contribution in [0.25, 0.3) is 10.9 Å². The van der Waals surface area contributed by atoms with Crippen molar-refractivity contribution in [3.8, 4) is 0 Å². The van der Waals surface area contributed by atoms with Gasteiger partial charge in [0.25, 0.3) is 0 Å². The summed E-state index contributed by atoms with van der Waals surface area (Å²) in [4.78, 5) is 14.5. The van der Waals surface area contributed by atoms with Crippen LogP contribution in [0, 0.1) is 6.57 Å². The molecule has 1 aromatic carbocycles. The first-order valence-corrected chi connectivity index (χ1v) is 5.03. The quantitative estimate of drug-likeness (QED) is 0.619. The van der Waals surface area contributed by atoms with Gasteiger partial charge in [-0.05, 0) is 17.2 Å². The average Bonchev–Trinajstić information content (AvgIpc) is 2.35. The van der Waals surface area contributed by atoms with E-state index in [0.717, 1.165) is 5.56 Å². The molecule has 0 spiro atoms. The van der Waals surface area contributed by atoms with Crippen molar-refractivity contribution in [3.63, 3.8) is 0 Å². The molecule has 1 aromatic rings. The Morgan fingerprint density at radius 3 is 2.88 bits per heavy atom. The van der Waals surface area contributed by atoms with E-state index in [1.165, 1.54) is 6.08 Å². The minimum Gasteiger partial charge on any atom is -0.392 e. The second kappa shape index (κ2) is 5.84. The Hall–Kier alpha value is -1.92. The van der Waals surface area contributed by atoms with E-state index in [0.29, 0.717) is 17.7 Å². The highest BCUT2D eigenvalue weighted by Crippen LogP contribution is 2.22. The summed E-state index contributed by atoms with van der Waals surface area (Å²) in [5, 5.41) is 8.98. The van der Waals surface area contributed by atoms with Crippen LogP contribution in [0.4, 0.5) is 5.69 Å². The standard InChI is InChI=1S/C13H13NO2/c1-3-12(16)6-5-11-8-10(9-15)4-7-13(11)14-2/h4-8,15H,3,9H2,1H3. The van der Waals surface area contributed by atoms with Gasteiger partial charge in [-0.3, -0.25) is 4.79 Å². The van der Waals surface area contributed by atoms with Crippen LogP contribution in [-0.2, 0) is 11.4 Å². The van der Waals surface area contributed by atoms with Gasteiger partial charge in [-0.2, -0.15) is 0 Å². The molecule has 1 N–H and O–H groups in total. The number of carbonyl (C=O) groups excluding carboxylic acids is 1. The lowest BCUT2D eigenvalue weighted by molar-refractivity contribution is -0.114. The molecule has 1 rings (SSSR count). The van der Waals surface area contributed by atoms with Gasteiger partial charge in [-0.1, -0.05) is 31.2 Å². The molecule has 0 saturated heterocycles. The molecule has 3 nitrogen and oxygen atoms in total. The molecule has 0 heterocycles. The largest absolute Gasteiger partial charge is 0.392 e. The van der Waals surface area contributed by atoms with Crippen LogP contribution in [0.5, 0.6) is 0 Å². The predicted octanol–water partition coefficient (Wildman–Crippen LogP) is 2.72. The first kappa shape index (κ1) is 12.2. The summed E-state index contributed by atoms with van der Waals surface area (Å²) in [5.74, 6) is 0.0188. The molecule has 0 radical (unpaired) electrons. The molecule has 0 atom stereocenters. The number of aliphatic hydroxyl groups excluding tert-OH is 1. The maximum absolute atomic E-state index is 11.1. The predicted molar refractivity (Wildman–Crippen MR) is 63.0 cm³/mol. The van der Waals surface area contributed by atoms with E-state index >= 15 is 0 Å². The lowest BCUT2D eigenvalue weighted by Crippen LogP contribution is -1.88. The highest BCUT2D eigenvalue weighted by atomic mass is 16.3. The first-order chi connectivity index (χ1) is 7.71. The summed E-state index contributed by atoms with van der Waals surface area (Å²) in [6.45, 7) is 8.70. The lowest BCUT2D eigenvalue weighted by Gasteiger charge is -2.01. The van der Waals surface area contributed by atoms with Crippen LogP contribution < -0.4 is 0 Å². The van der Waals surface area contributed by atoms with Gasteiger partial charge in [-0.15, -0.1) is 0 Å². The summed E-state index contributed by atoms with van der Waals surface area (Å²) in [5.41, 5.74) is 1.89. The highest BCUT2D eigenvalue weighted by molar-refractivity contribution is 5.94. The molecule has 82 valence electrons. The number of aliphatic hydroxyl groups is 1. The van der Waals surface area contributed by atoms with Crippen LogP contribution in [0.15, 0.2) is 24.3 Å². The van der Waals surface area contributed by atoms with Crippen molar-refractivity contribution in [3.05, 3.63) is 46.8 Å². The summed E-state index contributed by atoms with van der Waals surface area (Å²) in [7, 11) is 0. The van der Waals surface area contributed by atoms with Gasteiger partial charge in [0.05, 0.1) is 13.2 Å². The van der Waals surface area contributed by atoms with Crippen molar-refractivity contribution >= 4 is 17.5 Å². The number of nitrogens with zero attached hydrogens (tertiary/aromatic N) is 1. The lowest BCUT2D eigenvalue weighted by atomic mass is 10.1. The highest BCUT2D eigenvalue weighted by Gasteiger charge is 2.01. The summed E-state index contributed by atoms with van der Waals surface area (Å²) in [6.07, 6.45) is 3.53. The fourth-order valence-corrected chi connectivity index (χ4v) is 1.24. The van der Waals surface area contributed by atoms with E-state index in [4.69, 9.17) is 11.7 Å². The minimum atomic E-state index is -0.0686. The molecule has 0 unspecified atom stereocenters. The minimum absolute atomic E-state index is 0.0188. The molecule has 16 heavy (non-hydrogen) atoms. The molecular formula is C13H13NO2. The Morgan fingerprint density at radius 1 is 1.56 bits per heavy atom. The molecule has 3 heteroatoms. The Kier molecular flexibility index (Phi) is 4.43. The van der Waals surface area contributed by atoms with Crippen molar-refractivity contribution in [1.29, 1.82) is 0 Å². The molecule has 0 saturated carbocycles. The van der Waals surface area contributed by atoms with Gasteiger partial charge in [0, 0.05) is 6.42 Å². The SMILES string of the molecule is [C-]#[N+]c1ccc(CO)cc1C=CC(=O)CC. The maximum atomic E-state index is 11.1. The van der Waals surface area contributed by atoms with Crippen molar-refractivity contribution in [2.75, 3.05) is 0 Å². The fourth-order valence-electron chi connectivity index (χ4n) is 1.24. The zero-order valence-corrected chi connectivity index (χ0v) is 9.10. The number of ketones is 1. The van der Waals surface area contributed by atoms with E-state index < -0.39 is 0 Å². The number of hydrogen-bond donors (Lipinski definition) is 1. The van der Waals surface area contributed by atoms with Gasteiger partial charge in [0.2, 0.25) is 0 Å². The molecule has 0 aliphatic rings. The summed E-state index contributed by atoms with van der Waals surface area (Å²) >= 11 is 0. The van der Waals surface area contributed by atoms with E-state index in [2.05, 4.69) is 4.85 Å². The van der Waals surface area contributed by atoms with Gasteiger partial charge in [0.1, 0.15) is 0 Å². The smallest absolute Gasteiger partial charge is 0.194 e. The van der Waals surface area contributed by atoms with Gasteiger partial charge >= 0.3 is 0 Å². The monoisotopic (exact) mass is 215 g/mol. The van der Waals surface area contributed by atoms with E-state index in [9.17, 15) is 4.79 Å². The Morgan fingerprint density at radius 2 is 2.31 bits per heavy atom.